The van der Waals surface area contributed by atoms with Crippen LogP contribution in [-0.2, 0) is 25.9 Å². The summed E-state index contributed by atoms with van der Waals surface area (Å²) < 4.78 is 0. The van der Waals surface area contributed by atoms with Crippen molar-refractivity contribution < 1.29 is 0 Å². The zero-order valence-electron chi connectivity index (χ0n) is 35.3. The van der Waals surface area contributed by atoms with Crippen LogP contribution >= 0.6 is 0 Å². The lowest BCUT2D eigenvalue weighted by molar-refractivity contribution is 0.369. The minimum Gasteiger partial charge on any atom is -0.381 e. The fraction of sp³-hybridized carbons (Fsp3) is 0.464. The molecular weight excluding hydrogens is 729 g/mol. The van der Waals surface area contributed by atoms with Gasteiger partial charge in [-0.3, -0.25) is 0 Å². The Morgan fingerprint density at radius 3 is 0.933 bits per heavy atom. The number of nitrogens with zero attached hydrogens (tertiary/aromatic N) is 2. The van der Waals surface area contributed by atoms with Crippen molar-refractivity contribution in [2.75, 3.05) is 20.4 Å². The molecule has 4 heteroatoms. The Balaban J connectivity index is 0.566. The van der Waals surface area contributed by atoms with Crippen LogP contribution in [0.5, 0.6) is 0 Å². The highest BCUT2D eigenvalue weighted by Gasteiger charge is 2.64. The van der Waals surface area contributed by atoms with Gasteiger partial charge in [0.2, 0.25) is 0 Å². The Hall–Kier alpha value is -4.70. The summed E-state index contributed by atoms with van der Waals surface area (Å²) in [7, 11) is 0. The average Bonchev–Trinajstić information content (AvgIpc) is 4.15. The third kappa shape index (κ3) is 6.04. The van der Waals surface area contributed by atoms with E-state index in [4.69, 9.17) is 0 Å². The maximum absolute atomic E-state index is 3.64. The third-order valence-corrected chi connectivity index (χ3v) is 18.0. The van der Waals surface area contributed by atoms with Crippen LogP contribution in [0, 0.1) is 47.3 Å². The summed E-state index contributed by atoms with van der Waals surface area (Å²) >= 11 is 0. The molecule has 12 unspecified atom stereocenters. The Labute approximate surface area is 358 Å². The van der Waals surface area contributed by atoms with Crippen molar-refractivity contribution in [2.45, 2.75) is 114 Å². The second-order valence-electron chi connectivity index (χ2n) is 20.8. The largest absolute Gasteiger partial charge is 0.381 e. The molecule has 4 nitrogen and oxygen atoms in total. The fourth-order valence-corrected chi connectivity index (χ4v) is 15.8. The van der Waals surface area contributed by atoms with Gasteiger partial charge < -0.3 is 20.4 Å². The molecule has 306 valence electrons. The van der Waals surface area contributed by atoms with Crippen LogP contribution in [0.25, 0.3) is 0 Å². The third-order valence-electron chi connectivity index (χ3n) is 18.0. The van der Waals surface area contributed by atoms with E-state index in [1.54, 1.807) is 12.8 Å². The smallest absolute Gasteiger partial charge is 0.0400 e. The highest BCUT2D eigenvalue weighted by Crippen LogP contribution is 2.65. The van der Waals surface area contributed by atoms with Crippen molar-refractivity contribution in [3.63, 3.8) is 0 Å². The highest BCUT2D eigenvalue weighted by atomic mass is 15.3. The molecule has 0 amide bonds. The van der Waals surface area contributed by atoms with Crippen molar-refractivity contribution in [2.24, 2.45) is 47.3 Å². The summed E-state index contributed by atoms with van der Waals surface area (Å²) in [6, 6.07) is 49.7. The van der Waals surface area contributed by atoms with Gasteiger partial charge in [-0.05, 0) is 206 Å². The normalized spacial score (nSPS) is 33.5. The maximum atomic E-state index is 3.64. The van der Waals surface area contributed by atoms with E-state index in [1.807, 2.05) is 0 Å². The topological polar surface area (TPSA) is 30.5 Å². The Bertz CT molecular complexity index is 2100. The van der Waals surface area contributed by atoms with Crippen molar-refractivity contribution in [3.8, 4) is 0 Å². The Morgan fingerprint density at radius 2 is 0.617 bits per heavy atom. The first kappa shape index (κ1) is 36.0. The number of nitrogens with one attached hydrogen (secondary N) is 2. The molecular formula is C56H62N4. The maximum Gasteiger partial charge on any atom is 0.0400 e. The summed E-state index contributed by atoms with van der Waals surface area (Å²) in [4.78, 5) is 5.79. The standard InChI is InChI=1S/C56H62N4/c1-2-40(34-58-46-19-7-36(8-20-46)30-38-11-23-48(24-12-38)60-51-27-15-43-32-44-16-28-52(60)56(44)55(43)51)4-3-39(1)33-57-45-17-5-35(6-18-45)29-37-9-21-47(22-10-37)59-49-25-13-41-31-42-14-26-50(59)54(42)53(41)49/h1-12,17-24,41-44,49-58H,13-16,25-34H2. The molecule has 2 aliphatic heterocycles. The van der Waals surface area contributed by atoms with Gasteiger partial charge in [-0.1, -0.05) is 72.8 Å². The van der Waals surface area contributed by atoms with Gasteiger partial charge in [0.05, 0.1) is 0 Å². The summed E-state index contributed by atoms with van der Waals surface area (Å²) in [5, 5.41) is 7.29. The SMILES string of the molecule is c1cc(CNc2ccc(Cc3ccc(N4C5CCC6CC7CCC4C7C65)cc3)cc2)ccc1CNc1ccc(Cc2ccc(N3C4CCC5CC6CCC3C6C54)cc2)cc1. The molecule has 2 N–H and O–H groups in total. The lowest BCUT2D eigenvalue weighted by Gasteiger charge is -2.32. The van der Waals surface area contributed by atoms with Gasteiger partial charge in [-0.25, -0.2) is 0 Å². The van der Waals surface area contributed by atoms with Crippen molar-refractivity contribution in [3.05, 3.63) is 155 Å². The van der Waals surface area contributed by atoms with E-state index in [0.717, 1.165) is 97.4 Å². The summed E-state index contributed by atoms with van der Waals surface area (Å²) in [5.41, 5.74) is 13.5. The lowest BCUT2D eigenvalue weighted by Crippen LogP contribution is -2.36. The van der Waals surface area contributed by atoms with Gasteiger partial charge in [-0.2, -0.15) is 0 Å². The molecule has 0 aromatic heterocycles. The van der Waals surface area contributed by atoms with E-state index in [9.17, 15) is 0 Å². The summed E-state index contributed by atoms with van der Waals surface area (Å²) in [5.74, 6) is 8.10. The molecule has 5 aromatic rings. The lowest BCUT2D eigenvalue weighted by atomic mass is 9.90. The van der Waals surface area contributed by atoms with E-state index in [0.29, 0.717) is 0 Å². The van der Waals surface area contributed by atoms with Crippen molar-refractivity contribution in [1.29, 1.82) is 0 Å². The first-order valence-corrected chi connectivity index (χ1v) is 24.1. The molecule has 13 rings (SSSR count). The predicted molar refractivity (Wildman–Crippen MR) is 247 cm³/mol. The van der Waals surface area contributed by atoms with Gasteiger partial charge in [-0.15, -0.1) is 0 Å². The van der Waals surface area contributed by atoms with E-state index < -0.39 is 0 Å². The van der Waals surface area contributed by atoms with Crippen LogP contribution in [0.15, 0.2) is 121 Å². The van der Waals surface area contributed by atoms with Crippen LogP contribution in [0.1, 0.15) is 97.6 Å². The number of rotatable bonds is 12. The minimum atomic E-state index is 0.814. The van der Waals surface area contributed by atoms with Crippen LogP contribution in [-0.4, -0.2) is 24.2 Å². The Kier molecular flexibility index (Phi) is 8.67. The van der Waals surface area contributed by atoms with E-state index in [2.05, 4.69) is 142 Å². The summed E-state index contributed by atoms with van der Waals surface area (Å²) in [6.45, 7) is 1.64. The molecule has 2 saturated heterocycles. The van der Waals surface area contributed by atoms with Gasteiger partial charge >= 0.3 is 0 Å². The molecule has 5 aromatic carbocycles. The van der Waals surface area contributed by atoms with Gasteiger partial charge in [0, 0.05) is 60.0 Å². The zero-order valence-corrected chi connectivity index (χ0v) is 35.3. The van der Waals surface area contributed by atoms with Crippen LogP contribution in [0.3, 0.4) is 0 Å². The molecule has 2 heterocycles. The molecule has 60 heavy (non-hydrogen) atoms. The zero-order chi connectivity index (χ0) is 39.3. The Morgan fingerprint density at radius 1 is 0.333 bits per heavy atom. The van der Waals surface area contributed by atoms with E-state index in [1.165, 1.54) is 107 Å². The summed E-state index contributed by atoms with van der Waals surface area (Å²) in [6.07, 6.45) is 16.7. The van der Waals surface area contributed by atoms with E-state index in [-0.39, 0.29) is 0 Å². The van der Waals surface area contributed by atoms with Crippen LogP contribution in [0.4, 0.5) is 22.7 Å². The second-order valence-corrected chi connectivity index (χ2v) is 20.8. The molecule has 8 aliphatic rings. The quantitative estimate of drug-likeness (QED) is 0.132. The molecule has 6 aliphatic carbocycles. The van der Waals surface area contributed by atoms with Crippen LogP contribution in [0.2, 0.25) is 0 Å². The fourth-order valence-electron chi connectivity index (χ4n) is 15.8. The molecule has 0 radical (unpaired) electrons. The van der Waals surface area contributed by atoms with Gasteiger partial charge in [0.1, 0.15) is 0 Å². The molecule has 0 spiro atoms. The second kappa shape index (κ2) is 14.5. The van der Waals surface area contributed by atoms with Crippen molar-refractivity contribution in [1.82, 2.24) is 0 Å². The first-order chi connectivity index (χ1) is 29.7. The molecule has 0 bridgehead atoms. The monoisotopic (exact) mass is 790 g/mol. The van der Waals surface area contributed by atoms with Gasteiger partial charge in [0.15, 0.2) is 0 Å². The number of benzene rings is 5. The highest BCUT2D eigenvalue weighted by molar-refractivity contribution is 5.56. The van der Waals surface area contributed by atoms with Gasteiger partial charge in [0.25, 0.3) is 0 Å². The average molecular weight is 791 g/mol. The minimum absolute atomic E-state index is 0.814. The number of hydrogen-bond acceptors (Lipinski definition) is 4. The molecule has 12 atom stereocenters. The number of hydrogen-bond donors (Lipinski definition) is 2. The van der Waals surface area contributed by atoms with Crippen LogP contribution < -0.4 is 20.4 Å². The first-order valence-electron chi connectivity index (χ1n) is 24.1. The number of anilines is 4. The molecule has 6 saturated carbocycles. The molecule has 8 fully saturated rings. The predicted octanol–water partition coefficient (Wildman–Crippen LogP) is 12.1. The van der Waals surface area contributed by atoms with Crippen molar-refractivity contribution >= 4 is 22.7 Å². The van der Waals surface area contributed by atoms with E-state index >= 15 is 0 Å².